The van der Waals surface area contributed by atoms with Crippen molar-refractivity contribution in [2.24, 2.45) is 5.73 Å². The Kier molecular flexibility index (Phi) is 4.05. The van der Waals surface area contributed by atoms with Crippen molar-refractivity contribution < 1.29 is 8.42 Å². The third kappa shape index (κ3) is 2.41. The monoisotopic (exact) mass is 341 g/mol. The smallest absolute Gasteiger partial charge is 0.218 e. The summed E-state index contributed by atoms with van der Waals surface area (Å²) in [6.45, 7) is 4.86. The Morgan fingerprint density at radius 2 is 2.00 bits per heavy atom. The van der Waals surface area contributed by atoms with Crippen LogP contribution in [-0.2, 0) is 15.6 Å². The minimum absolute atomic E-state index is 0.577. The topological polar surface area (TPSA) is 85.1 Å². The van der Waals surface area contributed by atoms with Gasteiger partial charge < -0.3 is 5.73 Å². The van der Waals surface area contributed by atoms with Crippen molar-refractivity contribution in [3.8, 4) is 0 Å². The predicted octanol–water partition coefficient (Wildman–Crippen LogP) is 1.41. The fourth-order valence-electron chi connectivity index (χ4n) is 1.28. The van der Waals surface area contributed by atoms with Gasteiger partial charge in [-0.25, -0.2) is 18.1 Å². The second-order valence-electron chi connectivity index (χ2n) is 4.40. The van der Waals surface area contributed by atoms with Crippen LogP contribution in [0.25, 0.3) is 0 Å². The average molecular weight is 342 g/mol. The van der Waals surface area contributed by atoms with Crippen molar-refractivity contribution >= 4 is 37.3 Å². The molecule has 1 atom stereocenters. The molecule has 0 amide bonds. The Bertz CT molecular complexity index is 508. The van der Waals surface area contributed by atoms with E-state index in [1.165, 1.54) is 18.4 Å². The van der Waals surface area contributed by atoms with Crippen LogP contribution in [-0.4, -0.2) is 25.2 Å². The number of nitrogens with zero attached hydrogens (tertiary/aromatic N) is 1. The number of hydrogen-bond donors (Lipinski definition) is 2. The zero-order valence-electron chi connectivity index (χ0n) is 10.1. The summed E-state index contributed by atoms with van der Waals surface area (Å²) in [4.78, 5) is 4.21. The Labute approximate surface area is 114 Å². The number of nitrogens with one attached hydrogen (secondary N) is 1. The normalized spacial score (nSPS) is 16.8. The lowest BCUT2D eigenvalue weighted by Gasteiger charge is -2.38. The fourth-order valence-corrected chi connectivity index (χ4v) is 4.00. The highest BCUT2D eigenvalue weighted by molar-refractivity contribution is 9.10. The summed E-state index contributed by atoms with van der Waals surface area (Å²) in [7, 11) is -2.14. The molecule has 1 aromatic heterocycles. The third-order valence-electron chi connectivity index (χ3n) is 3.11. The van der Waals surface area contributed by atoms with Gasteiger partial charge in [0.15, 0.2) is 0 Å². The molecule has 8 heteroatoms. The molecule has 3 N–H and O–H groups in total. The minimum atomic E-state index is -3.52. The van der Waals surface area contributed by atoms with Gasteiger partial charge in [0.05, 0.1) is 5.54 Å². The van der Waals surface area contributed by atoms with Crippen molar-refractivity contribution in [2.45, 2.75) is 31.1 Å². The Morgan fingerprint density at radius 3 is 2.35 bits per heavy atom. The molecule has 5 nitrogen and oxygen atoms in total. The van der Waals surface area contributed by atoms with E-state index < -0.39 is 20.3 Å². The van der Waals surface area contributed by atoms with E-state index in [-0.39, 0.29) is 0 Å². The van der Waals surface area contributed by atoms with Gasteiger partial charge in [-0.15, -0.1) is 11.3 Å². The molecular weight excluding hydrogens is 326 g/mol. The molecule has 0 saturated heterocycles. The van der Waals surface area contributed by atoms with Gasteiger partial charge in [-0.2, -0.15) is 0 Å². The molecule has 0 aliphatic heterocycles. The van der Waals surface area contributed by atoms with E-state index in [2.05, 4.69) is 25.6 Å². The second kappa shape index (κ2) is 4.58. The SMILES string of the molecule is CNS(=O)(=O)C(C)(C)C(C)(N)c1nc(Br)cs1. The number of hydrogen-bond acceptors (Lipinski definition) is 5. The van der Waals surface area contributed by atoms with Crippen LogP contribution in [0.5, 0.6) is 0 Å². The van der Waals surface area contributed by atoms with Crippen LogP contribution >= 0.6 is 27.3 Å². The molecule has 0 saturated carbocycles. The van der Waals surface area contributed by atoms with Crippen LogP contribution in [0.2, 0.25) is 0 Å². The summed E-state index contributed by atoms with van der Waals surface area (Å²) in [6.07, 6.45) is 0. The lowest BCUT2D eigenvalue weighted by Crippen LogP contribution is -2.59. The van der Waals surface area contributed by atoms with Gasteiger partial charge in [-0.1, -0.05) is 0 Å². The first-order chi connectivity index (χ1) is 7.56. The van der Waals surface area contributed by atoms with E-state index in [4.69, 9.17) is 5.73 Å². The molecule has 98 valence electrons. The van der Waals surface area contributed by atoms with Crippen molar-refractivity contribution in [2.75, 3.05) is 7.05 Å². The van der Waals surface area contributed by atoms with Crippen LogP contribution in [0.4, 0.5) is 0 Å². The second-order valence-corrected chi connectivity index (χ2v) is 8.50. The molecule has 0 fully saturated rings. The van der Waals surface area contributed by atoms with Crippen LogP contribution in [0.1, 0.15) is 25.8 Å². The first-order valence-corrected chi connectivity index (χ1v) is 8.05. The number of rotatable bonds is 4. The number of halogens is 1. The predicted molar refractivity (Wildman–Crippen MR) is 73.4 cm³/mol. The van der Waals surface area contributed by atoms with E-state index in [1.807, 2.05) is 0 Å². The van der Waals surface area contributed by atoms with E-state index in [1.54, 1.807) is 26.2 Å². The zero-order chi connectivity index (χ0) is 13.5. The molecule has 0 aliphatic carbocycles. The van der Waals surface area contributed by atoms with Crippen molar-refractivity contribution in [1.82, 2.24) is 9.71 Å². The van der Waals surface area contributed by atoms with Crippen molar-refractivity contribution in [3.63, 3.8) is 0 Å². The van der Waals surface area contributed by atoms with Gasteiger partial charge in [-0.3, -0.25) is 0 Å². The Balaban J connectivity index is 3.31. The van der Waals surface area contributed by atoms with E-state index in [9.17, 15) is 8.42 Å². The van der Waals surface area contributed by atoms with Gasteiger partial charge in [-0.05, 0) is 43.7 Å². The maximum absolute atomic E-state index is 12.0. The number of aromatic nitrogens is 1. The zero-order valence-corrected chi connectivity index (χ0v) is 13.3. The molecule has 0 bridgehead atoms. The molecule has 1 unspecified atom stereocenters. The summed E-state index contributed by atoms with van der Waals surface area (Å²) >= 11 is 4.57. The van der Waals surface area contributed by atoms with Crippen LogP contribution in [0.3, 0.4) is 0 Å². The van der Waals surface area contributed by atoms with Gasteiger partial charge in [0.25, 0.3) is 0 Å². The Morgan fingerprint density at radius 1 is 1.47 bits per heavy atom. The third-order valence-corrected chi connectivity index (χ3v) is 7.21. The standard InChI is InChI=1S/C9H16BrN3O2S2/c1-8(2,17(14,15)12-4)9(3,11)7-13-6(10)5-16-7/h5,12H,11H2,1-4H3. The molecule has 0 spiro atoms. The summed E-state index contributed by atoms with van der Waals surface area (Å²) in [5.74, 6) is 0. The van der Waals surface area contributed by atoms with Gasteiger partial charge in [0.1, 0.15) is 14.4 Å². The molecule has 1 aromatic rings. The summed E-state index contributed by atoms with van der Waals surface area (Å²) in [5, 5.41) is 2.36. The molecule has 0 aromatic carbocycles. The van der Waals surface area contributed by atoms with Crippen molar-refractivity contribution in [1.29, 1.82) is 0 Å². The molecular formula is C9H16BrN3O2S2. The summed E-state index contributed by atoms with van der Waals surface area (Å²) in [5.41, 5.74) is 5.12. The van der Waals surface area contributed by atoms with E-state index in [0.717, 1.165) is 0 Å². The van der Waals surface area contributed by atoms with E-state index in [0.29, 0.717) is 9.61 Å². The van der Waals surface area contributed by atoms with Crippen LogP contribution in [0, 0.1) is 0 Å². The maximum atomic E-state index is 12.0. The van der Waals surface area contributed by atoms with Crippen LogP contribution in [0.15, 0.2) is 9.98 Å². The quantitative estimate of drug-likeness (QED) is 0.866. The number of thiazole rings is 1. The fraction of sp³-hybridized carbons (Fsp3) is 0.667. The lowest BCUT2D eigenvalue weighted by molar-refractivity contribution is 0.360. The van der Waals surface area contributed by atoms with E-state index >= 15 is 0 Å². The lowest BCUT2D eigenvalue weighted by atomic mass is 9.89. The molecule has 1 rings (SSSR count). The van der Waals surface area contributed by atoms with Crippen molar-refractivity contribution in [3.05, 3.63) is 15.0 Å². The first-order valence-electron chi connectivity index (χ1n) is 4.89. The Hall–Kier alpha value is -0.0200. The van der Waals surface area contributed by atoms with Gasteiger partial charge in [0, 0.05) is 5.38 Å². The number of sulfonamides is 1. The average Bonchev–Trinajstić information content (AvgIpc) is 2.64. The van der Waals surface area contributed by atoms with Crippen LogP contribution < -0.4 is 10.5 Å². The molecule has 0 radical (unpaired) electrons. The molecule has 17 heavy (non-hydrogen) atoms. The highest BCUT2D eigenvalue weighted by atomic mass is 79.9. The molecule has 1 heterocycles. The summed E-state index contributed by atoms with van der Waals surface area (Å²) < 4.78 is 25.8. The number of nitrogens with two attached hydrogens (primary N) is 1. The largest absolute Gasteiger partial charge is 0.318 e. The highest BCUT2D eigenvalue weighted by Gasteiger charge is 2.50. The van der Waals surface area contributed by atoms with Gasteiger partial charge >= 0.3 is 0 Å². The van der Waals surface area contributed by atoms with Gasteiger partial charge in [0.2, 0.25) is 10.0 Å². The highest BCUT2D eigenvalue weighted by Crippen LogP contribution is 2.37. The first kappa shape index (κ1) is 15.0. The summed E-state index contributed by atoms with van der Waals surface area (Å²) in [6, 6.07) is 0. The maximum Gasteiger partial charge on any atom is 0.218 e. The minimum Gasteiger partial charge on any atom is -0.318 e. The molecule has 0 aliphatic rings.